The molecule has 0 saturated carbocycles. The second kappa shape index (κ2) is 8.28. The molecular formula is C20H15ClN4O2S2. The fraction of sp³-hybridized carbons (Fsp3) is 0.100. The van der Waals surface area contributed by atoms with E-state index >= 15 is 0 Å². The minimum Gasteiger partial charge on any atom is -0.326 e. The van der Waals surface area contributed by atoms with Gasteiger partial charge in [-0.05, 0) is 42.8 Å². The summed E-state index contributed by atoms with van der Waals surface area (Å²) in [5.41, 5.74) is 4.21. The maximum atomic E-state index is 12.6. The van der Waals surface area contributed by atoms with Crippen LogP contribution < -0.4 is 10.6 Å². The fourth-order valence-corrected chi connectivity index (χ4v) is 4.35. The van der Waals surface area contributed by atoms with Crippen LogP contribution in [0.25, 0.3) is 10.2 Å². The third-order valence-electron chi connectivity index (χ3n) is 4.28. The first-order chi connectivity index (χ1) is 14.0. The van der Waals surface area contributed by atoms with Gasteiger partial charge < -0.3 is 5.32 Å². The number of benzene rings is 2. The van der Waals surface area contributed by atoms with E-state index in [1.54, 1.807) is 29.1 Å². The molecule has 0 aliphatic carbocycles. The fourth-order valence-electron chi connectivity index (χ4n) is 2.72. The summed E-state index contributed by atoms with van der Waals surface area (Å²) < 4.78 is 0.854. The van der Waals surface area contributed by atoms with Crippen LogP contribution in [0.3, 0.4) is 0 Å². The summed E-state index contributed by atoms with van der Waals surface area (Å²) in [6, 6.07) is 12.7. The summed E-state index contributed by atoms with van der Waals surface area (Å²) in [4.78, 5) is 33.1. The van der Waals surface area contributed by atoms with Gasteiger partial charge in [0.2, 0.25) is 5.91 Å². The number of hydrogen-bond donors (Lipinski definition) is 2. The number of thiazole rings is 2. The van der Waals surface area contributed by atoms with E-state index < -0.39 is 0 Å². The third kappa shape index (κ3) is 4.45. The average molecular weight is 443 g/mol. The van der Waals surface area contributed by atoms with Crippen molar-refractivity contribution in [3.63, 3.8) is 0 Å². The normalized spacial score (nSPS) is 11.9. The van der Waals surface area contributed by atoms with Crippen molar-refractivity contribution >= 4 is 67.1 Å². The molecule has 0 fully saturated rings. The second-order valence-corrected chi connectivity index (χ2v) is 8.48. The van der Waals surface area contributed by atoms with Crippen LogP contribution >= 0.6 is 34.3 Å². The zero-order valence-corrected chi connectivity index (χ0v) is 17.6. The van der Waals surface area contributed by atoms with Crippen LogP contribution in [0.1, 0.15) is 28.9 Å². The van der Waals surface area contributed by atoms with Crippen molar-refractivity contribution in [3.05, 3.63) is 69.6 Å². The Bertz CT molecular complexity index is 1190. The number of nitrogens with zero attached hydrogens (tertiary/aromatic N) is 2. The summed E-state index contributed by atoms with van der Waals surface area (Å²) in [6.07, 6.45) is 0. The highest BCUT2D eigenvalue weighted by Gasteiger charge is 2.17. The van der Waals surface area contributed by atoms with Crippen LogP contribution in [0, 0.1) is 0 Å². The number of carbonyl (C=O) groups excluding carboxylic acids is 2. The van der Waals surface area contributed by atoms with Gasteiger partial charge in [-0.25, -0.2) is 9.97 Å². The smallest absolute Gasteiger partial charge is 0.276 e. The van der Waals surface area contributed by atoms with Gasteiger partial charge in [-0.1, -0.05) is 35.1 Å². The Morgan fingerprint density at radius 2 is 2.00 bits per heavy atom. The van der Waals surface area contributed by atoms with Crippen molar-refractivity contribution in [3.8, 4) is 0 Å². The van der Waals surface area contributed by atoms with E-state index in [0.29, 0.717) is 21.5 Å². The van der Waals surface area contributed by atoms with Gasteiger partial charge in [-0.2, -0.15) is 0 Å². The van der Waals surface area contributed by atoms with Crippen LogP contribution in [0.2, 0.25) is 5.02 Å². The minimum absolute atomic E-state index is 0.131. The van der Waals surface area contributed by atoms with Crippen LogP contribution in [0.15, 0.2) is 53.4 Å². The molecule has 0 radical (unpaired) electrons. The Kier molecular flexibility index (Phi) is 5.57. The van der Waals surface area contributed by atoms with Crippen molar-refractivity contribution in [2.45, 2.75) is 12.8 Å². The standard InChI is InChI=1S/C20H15ClN4O2S2/c1-11(12-3-2-4-13(21)7-12)18(26)23-14-5-6-15-17(8-14)29-20(24-15)25-19(27)16-9-28-10-22-16/h2-11H,1H3,(H,23,26)(H,24,25,27). The molecule has 0 bridgehead atoms. The first-order valence-electron chi connectivity index (χ1n) is 8.66. The van der Waals surface area contributed by atoms with E-state index in [0.717, 1.165) is 15.8 Å². The lowest BCUT2D eigenvalue weighted by molar-refractivity contribution is -0.117. The number of amides is 2. The minimum atomic E-state index is -0.348. The summed E-state index contributed by atoms with van der Waals surface area (Å²) in [7, 11) is 0. The highest BCUT2D eigenvalue weighted by atomic mass is 35.5. The predicted molar refractivity (Wildman–Crippen MR) is 118 cm³/mol. The molecule has 0 aliphatic rings. The van der Waals surface area contributed by atoms with Gasteiger partial charge in [-0.3, -0.25) is 14.9 Å². The van der Waals surface area contributed by atoms with Crippen LogP contribution in [0.4, 0.5) is 10.8 Å². The summed E-state index contributed by atoms with van der Waals surface area (Å²) in [5, 5.41) is 8.43. The Labute approximate surface area is 179 Å². The van der Waals surface area contributed by atoms with Gasteiger partial charge >= 0.3 is 0 Å². The highest BCUT2D eigenvalue weighted by Crippen LogP contribution is 2.29. The zero-order valence-electron chi connectivity index (χ0n) is 15.2. The second-order valence-electron chi connectivity index (χ2n) is 6.30. The molecule has 2 N–H and O–H groups in total. The van der Waals surface area contributed by atoms with Crippen LogP contribution in [0.5, 0.6) is 0 Å². The van der Waals surface area contributed by atoms with Gasteiger partial charge in [0, 0.05) is 16.1 Å². The van der Waals surface area contributed by atoms with Crippen LogP contribution in [-0.2, 0) is 4.79 Å². The number of halogens is 1. The van der Waals surface area contributed by atoms with Crippen molar-refractivity contribution in [2.75, 3.05) is 10.6 Å². The van der Waals surface area contributed by atoms with Gasteiger partial charge in [0.25, 0.3) is 5.91 Å². The Hall–Kier alpha value is -2.81. The van der Waals surface area contributed by atoms with E-state index in [-0.39, 0.29) is 17.7 Å². The molecule has 6 nitrogen and oxygen atoms in total. The quantitative estimate of drug-likeness (QED) is 0.433. The molecule has 9 heteroatoms. The molecule has 2 heterocycles. The number of fused-ring (bicyclic) bond motifs is 1. The van der Waals surface area contributed by atoms with Crippen molar-refractivity contribution in [2.24, 2.45) is 0 Å². The van der Waals surface area contributed by atoms with Crippen molar-refractivity contribution in [1.82, 2.24) is 9.97 Å². The topological polar surface area (TPSA) is 84.0 Å². The molecule has 0 saturated heterocycles. The maximum Gasteiger partial charge on any atom is 0.276 e. The molecular weight excluding hydrogens is 428 g/mol. The predicted octanol–water partition coefficient (Wildman–Crippen LogP) is 5.40. The average Bonchev–Trinajstić information content (AvgIpc) is 3.36. The molecule has 4 aromatic rings. The lowest BCUT2D eigenvalue weighted by Crippen LogP contribution is -2.18. The first kappa shape index (κ1) is 19.5. The summed E-state index contributed by atoms with van der Waals surface area (Å²) >= 11 is 8.71. The molecule has 2 amide bonds. The molecule has 0 spiro atoms. The number of nitrogens with one attached hydrogen (secondary N) is 2. The number of rotatable bonds is 5. The van der Waals surface area contributed by atoms with Gasteiger partial charge in [0.15, 0.2) is 5.13 Å². The molecule has 1 unspecified atom stereocenters. The largest absolute Gasteiger partial charge is 0.326 e. The SMILES string of the molecule is CC(C(=O)Nc1ccc2nc(NC(=O)c3cscn3)sc2c1)c1cccc(Cl)c1. The van der Waals surface area contributed by atoms with E-state index in [1.165, 1.54) is 22.7 Å². The van der Waals surface area contributed by atoms with E-state index in [4.69, 9.17) is 11.6 Å². The highest BCUT2D eigenvalue weighted by molar-refractivity contribution is 7.22. The molecule has 4 rings (SSSR count). The molecule has 146 valence electrons. The monoisotopic (exact) mass is 442 g/mol. The molecule has 1 atom stereocenters. The van der Waals surface area contributed by atoms with Crippen molar-refractivity contribution in [1.29, 1.82) is 0 Å². The molecule has 2 aromatic heterocycles. The number of anilines is 2. The Balaban J connectivity index is 1.48. The zero-order chi connectivity index (χ0) is 20.4. The first-order valence-corrected chi connectivity index (χ1v) is 10.8. The van der Waals surface area contributed by atoms with Gasteiger partial charge in [0.05, 0.1) is 21.6 Å². The number of aromatic nitrogens is 2. The number of carbonyl (C=O) groups is 2. The molecule has 2 aromatic carbocycles. The maximum absolute atomic E-state index is 12.6. The summed E-state index contributed by atoms with van der Waals surface area (Å²) in [6.45, 7) is 1.83. The Morgan fingerprint density at radius 3 is 2.76 bits per heavy atom. The number of hydrogen-bond acceptors (Lipinski definition) is 6. The van der Waals surface area contributed by atoms with Gasteiger partial charge in [-0.15, -0.1) is 11.3 Å². The van der Waals surface area contributed by atoms with Gasteiger partial charge in [0.1, 0.15) is 5.69 Å². The van der Waals surface area contributed by atoms with Crippen LogP contribution in [-0.4, -0.2) is 21.8 Å². The van der Waals surface area contributed by atoms with E-state index in [2.05, 4.69) is 20.6 Å². The Morgan fingerprint density at radius 1 is 1.14 bits per heavy atom. The lowest BCUT2D eigenvalue weighted by atomic mass is 10.0. The summed E-state index contributed by atoms with van der Waals surface area (Å²) in [5.74, 6) is -0.777. The van der Waals surface area contributed by atoms with E-state index in [1.807, 2.05) is 31.2 Å². The molecule has 29 heavy (non-hydrogen) atoms. The van der Waals surface area contributed by atoms with Crippen molar-refractivity contribution < 1.29 is 9.59 Å². The lowest BCUT2D eigenvalue weighted by Gasteiger charge is -2.13. The molecule has 0 aliphatic heterocycles. The van der Waals surface area contributed by atoms with E-state index in [9.17, 15) is 9.59 Å². The third-order valence-corrected chi connectivity index (χ3v) is 6.04.